The van der Waals surface area contributed by atoms with Crippen LogP contribution in [0.25, 0.3) is 5.69 Å². The van der Waals surface area contributed by atoms with Gasteiger partial charge in [-0.05, 0) is 50.1 Å². The molecule has 31 heavy (non-hydrogen) atoms. The van der Waals surface area contributed by atoms with E-state index in [9.17, 15) is 13.2 Å². The maximum absolute atomic E-state index is 12.9. The zero-order valence-corrected chi connectivity index (χ0v) is 19.7. The number of hydrogen-bond donors (Lipinski definition) is 1. The van der Waals surface area contributed by atoms with E-state index in [2.05, 4.69) is 15.5 Å². The summed E-state index contributed by atoms with van der Waals surface area (Å²) in [6, 6.07) is 12.5. The summed E-state index contributed by atoms with van der Waals surface area (Å²) in [5, 5.41) is 11.1. The van der Waals surface area contributed by atoms with Crippen molar-refractivity contribution in [2.24, 2.45) is 0 Å². The lowest BCUT2D eigenvalue weighted by molar-refractivity contribution is -0.115. The topological polar surface area (TPSA) is 97.2 Å². The molecular formula is C21H25N5O3S2. The van der Waals surface area contributed by atoms with Gasteiger partial charge >= 0.3 is 0 Å². The van der Waals surface area contributed by atoms with Crippen LogP contribution in [0.3, 0.4) is 0 Å². The van der Waals surface area contributed by atoms with Crippen molar-refractivity contribution in [3.05, 3.63) is 59.9 Å². The molecule has 3 rings (SSSR count). The smallest absolute Gasteiger partial charge is 0.242 e. The molecule has 1 atom stereocenters. The SMILES string of the molecule is Cc1ccc(S(=O)(=O)N(C)C)cc1NC(=O)C(C)Sc1nncn1-c1ccccc1C. The molecule has 0 aliphatic heterocycles. The molecule has 1 unspecified atom stereocenters. The summed E-state index contributed by atoms with van der Waals surface area (Å²) in [5.41, 5.74) is 3.24. The number of sulfonamides is 1. The molecule has 1 N–H and O–H groups in total. The monoisotopic (exact) mass is 459 g/mol. The Kier molecular flexibility index (Phi) is 6.83. The number of rotatable bonds is 7. The molecule has 0 aliphatic rings. The van der Waals surface area contributed by atoms with Crippen molar-refractivity contribution in [3.63, 3.8) is 0 Å². The normalized spacial score (nSPS) is 12.7. The maximum Gasteiger partial charge on any atom is 0.242 e. The number of thioether (sulfide) groups is 1. The summed E-state index contributed by atoms with van der Waals surface area (Å²) in [6.45, 7) is 5.58. The number of carbonyl (C=O) groups is 1. The second-order valence-electron chi connectivity index (χ2n) is 7.28. The molecule has 0 bridgehead atoms. The van der Waals surface area contributed by atoms with Crippen molar-refractivity contribution in [1.82, 2.24) is 19.1 Å². The van der Waals surface area contributed by atoms with Gasteiger partial charge in [-0.2, -0.15) is 0 Å². The summed E-state index contributed by atoms with van der Waals surface area (Å²) in [5.74, 6) is -0.258. The van der Waals surface area contributed by atoms with Crippen LogP contribution in [-0.2, 0) is 14.8 Å². The van der Waals surface area contributed by atoms with E-state index in [-0.39, 0.29) is 10.8 Å². The van der Waals surface area contributed by atoms with E-state index in [0.29, 0.717) is 10.8 Å². The number of amides is 1. The van der Waals surface area contributed by atoms with Gasteiger partial charge in [-0.15, -0.1) is 10.2 Å². The number of nitrogens with zero attached hydrogens (tertiary/aromatic N) is 4. The molecule has 3 aromatic rings. The van der Waals surface area contributed by atoms with Crippen molar-refractivity contribution in [2.75, 3.05) is 19.4 Å². The summed E-state index contributed by atoms with van der Waals surface area (Å²) in [6.07, 6.45) is 1.62. The number of para-hydroxylation sites is 1. The van der Waals surface area contributed by atoms with Gasteiger partial charge in [0.05, 0.1) is 15.8 Å². The summed E-state index contributed by atoms with van der Waals surface area (Å²) < 4.78 is 27.8. The van der Waals surface area contributed by atoms with Crippen molar-refractivity contribution >= 4 is 33.4 Å². The first kappa shape index (κ1) is 23.0. The second kappa shape index (κ2) is 9.21. The summed E-state index contributed by atoms with van der Waals surface area (Å²) in [4.78, 5) is 13.0. The van der Waals surface area contributed by atoms with E-state index in [0.717, 1.165) is 21.1 Å². The highest BCUT2D eigenvalue weighted by molar-refractivity contribution is 8.00. The Bertz CT molecular complexity index is 1210. The quantitative estimate of drug-likeness (QED) is 0.545. The molecule has 0 aliphatic carbocycles. The van der Waals surface area contributed by atoms with E-state index < -0.39 is 15.3 Å². The second-order valence-corrected chi connectivity index (χ2v) is 10.7. The first-order valence-electron chi connectivity index (χ1n) is 9.58. The third-order valence-corrected chi connectivity index (χ3v) is 7.66. The van der Waals surface area contributed by atoms with Crippen LogP contribution in [0, 0.1) is 13.8 Å². The number of nitrogens with one attached hydrogen (secondary N) is 1. The number of anilines is 1. The number of hydrogen-bond acceptors (Lipinski definition) is 6. The zero-order valence-electron chi connectivity index (χ0n) is 18.0. The van der Waals surface area contributed by atoms with Gasteiger partial charge in [0.2, 0.25) is 15.9 Å². The number of aryl methyl sites for hydroxylation is 2. The Morgan fingerprint density at radius 3 is 2.52 bits per heavy atom. The Balaban J connectivity index is 1.79. The van der Waals surface area contributed by atoms with Crippen LogP contribution in [0.4, 0.5) is 5.69 Å². The Labute approximate surface area is 186 Å². The summed E-state index contributed by atoms with van der Waals surface area (Å²) in [7, 11) is -0.660. The van der Waals surface area contributed by atoms with Crippen LogP contribution in [0.1, 0.15) is 18.1 Å². The van der Waals surface area contributed by atoms with Gasteiger partial charge in [0.1, 0.15) is 6.33 Å². The Morgan fingerprint density at radius 1 is 1.13 bits per heavy atom. The zero-order chi connectivity index (χ0) is 22.8. The van der Waals surface area contributed by atoms with Gasteiger partial charge in [-0.25, -0.2) is 12.7 Å². The minimum absolute atomic E-state index is 0.123. The van der Waals surface area contributed by atoms with E-state index >= 15 is 0 Å². The third-order valence-electron chi connectivity index (χ3n) is 4.79. The highest BCUT2D eigenvalue weighted by Crippen LogP contribution is 2.27. The fourth-order valence-electron chi connectivity index (χ4n) is 2.86. The molecule has 0 saturated carbocycles. The van der Waals surface area contributed by atoms with E-state index in [1.807, 2.05) is 42.7 Å². The molecule has 0 saturated heterocycles. The van der Waals surface area contributed by atoms with Crippen LogP contribution in [-0.4, -0.2) is 52.7 Å². The average molecular weight is 460 g/mol. The highest BCUT2D eigenvalue weighted by atomic mass is 32.2. The van der Waals surface area contributed by atoms with Gasteiger partial charge in [-0.3, -0.25) is 9.36 Å². The number of aromatic nitrogens is 3. The average Bonchev–Trinajstić information content (AvgIpc) is 3.17. The van der Waals surface area contributed by atoms with Crippen LogP contribution in [0.15, 0.2) is 58.8 Å². The number of carbonyl (C=O) groups excluding carboxylic acids is 1. The van der Waals surface area contributed by atoms with Crippen molar-refractivity contribution in [3.8, 4) is 5.69 Å². The van der Waals surface area contributed by atoms with Gasteiger partial charge in [-0.1, -0.05) is 36.0 Å². The number of benzene rings is 2. The largest absolute Gasteiger partial charge is 0.325 e. The van der Waals surface area contributed by atoms with Crippen LogP contribution in [0.2, 0.25) is 0 Å². The van der Waals surface area contributed by atoms with E-state index in [1.165, 1.54) is 38.0 Å². The lowest BCUT2D eigenvalue weighted by Crippen LogP contribution is -2.25. The fourth-order valence-corrected chi connectivity index (χ4v) is 4.62. The van der Waals surface area contributed by atoms with Crippen LogP contribution < -0.4 is 5.32 Å². The highest BCUT2D eigenvalue weighted by Gasteiger charge is 2.22. The lowest BCUT2D eigenvalue weighted by atomic mass is 10.2. The van der Waals surface area contributed by atoms with Crippen molar-refractivity contribution < 1.29 is 13.2 Å². The molecular weight excluding hydrogens is 434 g/mol. The van der Waals surface area contributed by atoms with Crippen molar-refractivity contribution in [1.29, 1.82) is 0 Å². The molecule has 2 aromatic carbocycles. The first-order valence-corrected chi connectivity index (χ1v) is 11.9. The van der Waals surface area contributed by atoms with Gasteiger partial charge in [0, 0.05) is 19.8 Å². The Hall–Kier alpha value is -2.69. The first-order chi connectivity index (χ1) is 14.6. The van der Waals surface area contributed by atoms with Gasteiger partial charge in [0.15, 0.2) is 5.16 Å². The van der Waals surface area contributed by atoms with Gasteiger partial charge in [0.25, 0.3) is 0 Å². The molecule has 8 nitrogen and oxygen atoms in total. The molecule has 0 fully saturated rings. The Morgan fingerprint density at radius 2 is 1.84 bits per heavy atom. The summed E-state index contributed by atoms with van der Waals surface area (Å²) >= 11 is 1.28. The lowest BCUT2D eigenvalue weighted by Gasteiger charge is -2.16. The third kappa shape index (κ3) is 4.97. The minimum atomic E-state index is -3.60. The molecule has 0 radical (unpaired) electrons. The molecule has 1 aromatic heterocycles. The maximum atomic E-state index is 12.9. The van der Waals surface area contributed by atoms with Crippen molar-refractivity contribution in [2.45, 2.75) is 36.1 Å². The van der Waals surface area contributed by atoms with Gasteiger partial charge < -0.3 is 5.32 Å². The molecule has 1 amide bonds. The van der Waals surface area contributed by atoms with E-state index in [1.54, 1.807) is 19.3 Å². The van der Waals surface area contributed by atoms with Crippen LogP contribution in [0.5, 0.6) is 0 Å². The minimum Gasteiger partial charge on any atom is -0.325 e. The predicted molar refractivity (Wildman–Crippen MR) is 122 cm³/mol. The predicted octanol–water partition coefficient (Wildman–Crippen LogP) is 3.25. The van der Waals surface area contributed by atoms with E-state index in [4.69, 9.17) is 0 Å². The molecule has 10 heteroatoms. The van der Waals surface area contributed by atoms with Crippen LogP contribution >= 0.6 is 11.8 Å². The molecule has 0 spiro atoms. The standard InChI is InChI=1S/C21H25N5O3S2/c1-14-10-11-17(31(28,29)25(4)5)12-18(14)23-20(27)16(3)30-21-24-22-13-26(21)19-9-7-6-8-15(19)2/h6-13,16H,1-5H3,(H,23,27). The fraction of sp³-hybridized carbons (Fsp3) is 0.286. The molecule has 1 heterocycles. The molecule has 164 valence electrons.